The normalized spacial score (nSPS) is 9.53. The van der Waals surface area contributed by atoms with Gasteiger partial charge >= 0.3 is 6.09 Å². The molecule has 1 aromatic rings. The van der Waals surface area contributed by atoms with Gasteiger partial charge in [0.05, 0.1) is 25.5 Å². The first-order valence-corrected chi connectivity index (χ1v) is 5.12. The molecule has 0 aromatic heterocycles. The van der Waals surface area contributed by atoms with E-state index in [0.717, 1.165) is 0 Å². The summed E-state index contributed by atoms with van der Waals surface area (Å²) in [7, 11) is 1.52. The number of benzene rings is 1. The number of hydrogen-bond donors (Lipinski definition) is 0. The Bertz CT molecular complexity index is 395. The van der Waals surface area contributed by atoms with Gasteiger partial charge in [0.2, 0.25) is 0 Å². The van der Waals surface area contributed by atoms with Crippen molar-refractivity contribution in [3.63, 3.8) is 0 Å². The molecule has 0 spiro atoms. The maximum absolute atomic E-state index is 11.3. The molecule has 0 aliphatic rings. The van der Waals surface area contributed by atoms with Crippen LogP contribution in [0.4, 0.5) is 4.79 Å². The smallest absolute Gasteiger partial charge is 0.433 e. The Balaban J connectivity index is 2.80. The van der Waals surface area contributed by atoms with E-state index in [1.807, 2.05) is 0 Å². The summed E-state index contributed by atoms with van der Waals surface area (Å²) in [6.45, 7) is 1.87. The monoisotopic (exact) mass is 238 g/mol. The summed E-state index contributed by atoms with van der Waals surface area (Å²) < 4.78 is 9.80. The molecule has 0 saturated carbocycles. The number of nitroso groups, excluding NO2 is 1. The van der Waals surface area contributed by atoms with Crippen LogP contribution >= 0.6 is 0 Å². The number of ether oxygens (including phenoxy) is 2. The zero-order valence-electron chi connectivity index (χ0n) is 9.75. The predicted molar refractivity (Wildman–Crippen MR) is 61.4 cm³/mol. The number of methoxy groups -OCH3 is 1. The van der Waals surface area contributed by atoms with Crippen molar-refractivity contribution in [1.29, 1.82) is 0 Å². The Morgan fingerprint density at radius 3 is 2.71 bits per heavy atom. The maximum atomic E-state index is 11.3. The number of para-hydroxylation sites is 1. The molecule has 0 aliphatic heterocycles. The van der Waals surface area contributed by atoms with Crippen molar-refractivity contribution >= 4 is 6.09 Å². The highest BCUT2D eigenvalue weighted by atomic mass is 16.6. The number of amides is 1. The number of rotatable bonds is 5. The standard InChI is InChI=1S/C11H14N2O4/c1-3-17-11(14)13(12-15)8-9-6-4-5-7-10(9)16-2/h4-7H,3,8H2,1-2H3. The first-order chi connectivity index (χ1) is 8.22. The summed E-state index contributed by atoms with van der Waals surface area (Å²) in [5, 5.41) is 3.34. The topological polar surface area (TPSA) is 68.2 Å². The fourth-order valence-corrected chi connectivity index (χ4v) is 1.32. The molecule has 0 radical (unpaired) electrons. The lowest BCUT2D eigenvalue weighted by atomic mass is 10.2. The largest absolute Gasteiger partial charge is 0.496 e. The minimum absolute atomic E-state index is 0.0202. The summed E-state index contributed by atoms with van der Waals surface area (Å²) >= 11 is 0. The third kappa shape index (κ3) is 3.44. The molecular weight excluding hydrogens is 224 g/mol. The average molecular weight is 238 g/mol. The number of carbonyl (C=O) groups is 1. The summed E-state index contributed by atoms with van der Waals surface area (Å²) in [6, 6.07) is 7.07. The quantitative estimate of drug-likeness (QED) is 0.583. The summed E-state index contributed by atoms with van der Waals surface area (Å²) in [6.07, 6.45) is -0.770. The van der Waals surface area contributed by atoms with Gasteiger partial charge in [-0.15, -0.1) is 4.91 Å². The van der Waals surface area contributed by atoms with Crippen LogP contribution in [0.1, 0.15) is 12.5 Å². The minimum Gasteiger partial charge on any atom is -0.496 e. The van der Waals surface area contributed by atoms with Gasteiger partial charge < -0.3 is 9.47 Å². The van der Waals surface area contributed by atoms with Gasteiger partial charge in [-0.25, -0.2) is 4.79 Å². The van der Waals surface area contributed by atoms with Crippen molar-refractivity contribution in [2.45, 2.75) is 13.5 Å². The molecule has 6 heteroatoms. The maximum Gasteiger partial charge on any atom is 0.433 e. The Labute approximate surface area is 99.1 Å². The van der Waals surface area contributed by atoms with E-state index >= 15 is 0 Å². The Morgan fingerprint density at radius 1 is 1.41 bits per heavy atom. The zero-order chi connectivity index (χ0) is 12.7. The van der Waals surface area contributed by atoms with Crippen LogP contribution in [0, 0.1) is 4.91 Å². The average Bonchev–Trinajstić information content (AvgIpc) is 2.36. The van der Waals surface area contributed by atoms with Gasteiger partial charge in [-0.1, -0.05) is 18.2 Å². The molecule has 0 fully saturated rings. The molecule has 92 valence electrons. The molecule has 17 heavy (non-hydrogen) atoms. The number of hydrogen-bond acceptors (Lipinski definition) is 5. The summed E-state index contributed by atoms with van der Waals surface area (Å²) in [5.74, 6) is 0.588. The summed E-state index contributed by atoms with van der Waals surface area (Å²) in [4.78, 5) is 21.9. The molecule has 0 N–H and O–H groups in total. The molecule has 1 rings (SSSR count). The van der Waals surface area contributed by atoms with E-state index in [2.05, 4.69) is 5.29 Å². The highest BCUT2D eigenvalue weighted by molar-refractivity contribution is 5.67. The van der Waals surface area contributed by atoms with E-state index < -0.39 is 6.09 Å². The fraction of sp³-hybridized carbons (Fsp3) is 0.364. The van der Waals surface area contributed by atoms with Crippen molar-refractivity contribution in [3.8, 4) is 5.75 Å². The van der Waals surface area contributed by atoms with Crippen LogP contribution in [-0.4, -0.2) is 24.8 Å². The van der Waals surface area contributed by atoms with E-state index in [9.17, 15) is 9.70 Å². The lowest BCUT2D eigenvalue weighted by Crippen LogP contribution is -2.25. The van der Waals surface area contributed by atoms with Gasteiger partial charge in [0.1, 0.15) is 5.75 Å². The molecule has 0 saturated heterocycles. The highest BCUT2D eigenvalue weighted by Gasteiger charge is 2.17. The van der Waals surface area contributed by atoms with E-state index in [4.69, 9.17) is 9.47 Å². The van der Waals surface area contributed by atoms with Crippen LogP contribution in [0.5, 0.6) is 5.75 Å². The van der Waals surface area contributed by atoms with Crippen LogP contribution in [0.2, 0.25) is 0 Å². The third-order valence-electron chi connectivity index (χ3n) is 2.09. The molecule has 1 amide bonds. The Hall–Kier alpha value is -2.11. The lowest BCUT2D eigenvalue weighted by molar-refractivity contribution is 0.105. The molecule has 0 heterocycles. The molecule has 0 unspecified atom stereocenters. The zero-order valence-corrected chi connectivity index (χ0v) is 9.75. The van der Waals surface area contributed by atoms with Crippen molar-refractivity contribution in [3.05, 3.63) is 34.7 Å². The fourth-order valence-electron chi connectivity index (χ4n) is 1.32. The summed E-state index contributed by atoms with van der Waals surface area (Å²) in [5.41, 5.74) is 0.683. The second-order valence-electron chi connectivity index (χ2n) is 3.15. The highest BCUT2D eigenvalue weighted by Crippen LogP contribution is 2.19. The molecule has 0 atom stereocenters. The second-order valence-corrected chi connectivity index (χ2v) is 3.15. The van der Waals surface area contributed by atoms with Crippen molar-refractivity contribution < 1.29 is 14.3 Å². The van der Waals surface area contributed by atoms with E-state index in [1.54, 1.807) is 31.2 Å². The minimum atomic E-state index is -0.770. The third-order valence-corrected chi connectivity index (χ3v) is 2.09. The van der Waals surface area contributed by atoms with Crippen LogP contribution in [0.3, 0.4) is 0 Å². The van der Waals surface area contributed by atoms with Crippen molar-refractivity contribution in [2.75, 3.05) is 13.7 Å². The van der Waals surface area contributed by atoms with Gasteiger partial charge in [-0.05, 0) is 13.0 Å². The molecular formula is C11H14N2O4. The number of carbonyl (C=O) groups excluding carboxylic acids is 1. The van der Waals surface area contributed by atoms with Gasteiger partial charge in [0.25, 0.3) is 0 Å². The molecule has 6 nitrogen and oxygen atoms in total. The Kier molecular flexibility index (Phi) is 4.93. The van der Waals surface area contributed by atoms with Crippen molar-refractivity contribution in [1.82, 2.24) is 5.01 Å². The molecule has 0 bridgehead atoms. The van der Waals surface area contributed by atoms with E-state index in [1.165, 1.54) is 7.11 Å². The van der Waals surface area contributed by atoms with Crippen LogP contribution in [0.15, 0.2) is 29.6 Å². The van der Waals surface area contributed by atoms with Gasteiger partial charge in [-0.3, -0.25) is 0 Å². The van der Waals surface area contributed by atoms with Crippen LogP contribution in [-0.2, 0) is 11.3 Å². The van der Waals surface area contributed by atoms with Gasteiger partial charge in [0, 0.05) is 5.56 Å². The van der Waals surface area contributed by atoms with Gasteiger partial charge in [-0.2, -0.15) is 5.01 Å². The lowest BCUT2D eigenvalue weighted by Gasteiger charge is -2.14. The van der Waals surface area contributed by atoms with E-state index in [0.29, 0.717) is 16.3 Å². The van der Waals surface area contributed by atoms with Crippen molar-refractivity contribution in [2.24, 2.45) is 5.29 Å². The molecule has 0 aliphatic carbocycles. The Morgan fingerprint density at radius 2 is 2.12 bits per heavy atom. The van der Waals surface area contributed by atoms with Crippen LogP contribution in [0.25, 0.3) is 0 Å². The second kappa shape index (κ2) is 6.47. The van der Waals surface area contributed by atoms with E-state index in [-0.39, 0.29) is 13.2 Å². The SMILES string of the molecule is CCOC(=O)N(Cc1ccccc1OC)N=O. The first-order valence-electron chi connectivity index (χ1n) is 5.12. The first kappa shape index (κ1) is 13.0. The van der Waals surface area contributed by atoms with Crippen LogP contribution < -0.4 is 4.74 Å². The van der Waals surface area contributed by atoms with Gasteiger partial charge in [0.15, 0.2) is 0 Å². The predicted octanol–water partition coefficient (Wildman–Crippen LogP) is 2.34. The number of nitrogens with zero attached hydrogens (tertiary/aromatic N) is 2. The molecule has 1 aromatic carbocycles.